The first-order valence-corrected chi connectivity index (χ1v) is 4.76. The molecule has 15 heavy (non-hydrogen) atoms. The molecule has 0 radical (unpaired) electrons. The van der Waals surface area contributed by atoms with Crippen LogP contribution < -0.4 is 5.32 Å². The van der Waals surface area contributed by atoms with Gasteiger partial charge in [-0.05, 0) is 30.7 Å². The lowest BCUT2D eigenvalue weighted by Gasteiger charge is -2.05. The van der Waals surface area contributed by atoms with Gasteiger partial charge in [-0.3, -0.25) is 5.32 Å². The molecule has 0 atom stereocenters. The van der Waals surface area contributed by atoms with Crippen molar-refractivity contribution in [3.8, 4) is 12.3 Å². The van der Waals surface area contributed by atoms with Gasteiger partial charge in [0.1, 0.15) is 0 Å². The lowest BCUT2D eigenvalue weighted by atomic mass is 10.2. The highest BCUT2D eigenvalue weighted by atomic mass is 16.5. The smallest absolute Gasteiger partial charge is 0.411 e. The van der Waals surface area contributed by atoms with Crippen molar-refractivity contribution in [1.82, 2.24) is 0 Å². The van der Waals surface area contributed by atoms with Crippen molar-refractivity contribution in [2.45, 2.75) is 13.3 Å². The zero-order valence-corrected chi connectivity index (χ0v) is 8.62. The third-order valence-electron chi connectivity index (χ3n) is 1.74. The quantitative estimate of drug-likeness (QED) is 0.767. The van der Waals surface area contributed by atoms with E-state index in [0.717, 1.165) is 12.0 Å². The van der Waals surface area contributed by atoms with Crippen LogP contribution in [-0.4, -0.2) is 12.7 Å². The number of rotatable bonds is 3. The maximum absolute atomic E-state index is 11.2. The SMILES string of the molecule is C#Cc1ccc(NC(=O)OCCC)cc1. The van der Waals surface area contributed by atoms with Crippen molar-refractivity contribution in [2.24, 2.45) is 0 Å². The molecule has 3 nitrogen and oxygen atoms in total. The lowest BCUT2D eigenvalue weighted by Crippen LogP contribution is -2.13. The monoisotopic (exact) mass is 203 g/mol. The van der Waals surface area contributed by atoms with E-state index in [0.29, 0.717) is 12.3 Å². The number of amides is 1. The Morgan fingerprint density at radius 1 is 1.47 bits per heavy atom. The average Bonchev–Trinajstić information content (AvgIpc) is 2.27. The minimum Gasteiger partial charge on any atom is -0.449 e. The molecule has 0 saturated carbocycles. The van der Waals surface area contributed by atoms with Crippen LogP contribution in [0.2, 0.25) is 0 Å². The first-order valence-electron chi connectivity index (χ1n) is 4.76. The molecule has 1 amide bonds. The summed E-state index contributed by atoms with van der Waals surface area (Å²) >= 11 is 0. The summed E-state index contributed by atoms with van der Waals surface area (Å²) in [5.74, 6) is 2.50. The molecule has 1 N–H and O–H groups in total. The summed E-state index contributed by atoms with van der Waals surface area (Å²) < 4.78 is 4.86. The van der Waals surface area contributed by atoms with E-state index in [1.165, 1.54) is 0 Å². The van der Waals surface area contributed by atoms with Gasteiger partial charge in [0.15, 0.2) is 0 Å². The van der Waals surface area contributed by atoms with Crippen LogP contribution in [0.25, 0.3) is 0 Å². The molecule has 0 aliphatic carbocycles. The maximum Gasteiger partial charge on any atom is 0.411 e. The molecule has 0 heterocycles. The van der Waals surface area contributed by atoms with E-state index in [4.69, 9.17) is 11.2 Å². The van der Waals surface area contributed by atoms with E-state index in [9.17, 15) is 4.79 Å². The third kappa shape index (κ3) is 3.74. The van der Waals surface area contributed by atoms with Crippen molar-refractivity contribution in [1.29, 1.82) is 0 Å². The third-order valence-corrected chi connectivity index (χ3v) is 1.74. The molecule has 0 bridgehead atoms. The van der Waals surface area contributed by atoms with Crippen LogP contribution in [0.1, 0.15) is 18.9 Å². The van der Waals surface area contributed by atoms with Crippen LogP contribution in [-0.2, 0) is 4.74 Å². The zero-order valence-electron chi connectivity index (χ0n) is 8.62. The van der Waals surface area contributed by atoms with Gasteiger partial charge in [0.2, 0.25) is 0 Å². The zero-order chi connectivity index (χ0) is 11.1. The Bertz CT molecular complexity index is 362. The number of nitrogens with one attached hydrogen (secondary N) is 1. The van der Waals surface area contributed by atoms with Crippen molar-refractivity contribution in [3.63, 3.8) is 0 Å². The number of carbonyl (C=O) groups is 1. The van der Waals surface area contributed by atoms with Gasteiger partial charge in [0.05, 0.1) is 6.61 Å². The second-order valence-corrected chi connectivity index (χ2v) is 2.98. The Balaban J connectivity index is 2.50. The molecule has 1 aromatic carbocycles. The van der Waals surface area contributed by atoms with Crippen LogP contribution in [0.4, 0.5) is 10.5 Å². The first-order chi connectivity index (χ1) is 7.26. The number of ether oxygens (including phenoxy) is 1. The molecule has 3 heteroatoms. The van der Waals surface area contributed by atoms with Gasteiger partial charge >= 0.3 is 6.09 Å². The predicted octanol–water partition coefficient (Wildman–Crippen LogP) is 2.63. The topological polar surface area (TPSA) is 38.3 Å². The first kappa shape index (κ1) is 11.1. The Hall–Kier alpha value is -1.95. The highest BCUT2D eigenvalue weighted by molar-refractivity contribution is 5.84. The molecule has 1 aromatic rings. The molecular weight excluding hydrogens is 190 g/mol. The Morgan fingerprint density at radius 3 is 2.67 bits per heavy atom. The molecular formula is C12H13NO2. The van der Waals surface area contributed by atoms with E-state index in [1.807, 2.05) is 6.92 Å². The number of carbonyl (C=O) groups excluding carboxylic acids is 1. The fraction of sp³-hybridized carbons (Fsp3) is 0.250. The Morgan fingerprint density at radius 2 is 2.13 bits per heavy atom. The van der Waals surface area contributed by atoms with Gasteiger partial charge in [0.25, 0.3) is 0 Å². The normalized spacial score (nSPS) is 9.07. The minimum absolute atomic E-state index is 0.425. The molecule has 0 saturated heterocycles. The van der Waals surface area contributed by atoms with Crippen molar-refractivity contribution >= 4 is 11.8 Å². The van der Waals surface area contributed by atoms with Crippen LogP contribution >= 0.6 is 0 Å². The summed E-state index contributed by atoms with van der Waals surface area (Å²) in [6.07, 6.45) is 5.57. The van der Waals surface area contributed by atoms with Gasteiger partial charge in [0, 0.05) is 11.3 Å². The summed E-state index contributed by atoms with van der Waals surface area (Å²) in [6.45, 7) is 2.36. The largest absolute Gasteiger partial charge is 0.449 e. The molecule has 0 aliphatic heterocycles. The molecule has 1 rings (SSSR count). The highest BCUT2D eigenvalue weighted by Gasteiger charge is 2.01. The minimum atomic E-state index is -0.440. The van der Waals surface area contributed by atoms with Gasteiger partial charge in [-0.2, -0.15) is 0 Å². The molecule has 0 aliphatic rings. The summed E-state index contributed by atoms with van der Waals surface area (Å²) in [5, 5.41) is 2.60. The van der Waals surface area contributed by atoms with Crippen LogP contribution in [0.5, 0.6) is 0 Å². The Kier molecular flexibility index (Phi) is 4.24. The molecule has 0 unspecified atom stereocenters. The van der Waals surface area contributed by atoms with Gasteiger partial charge in [-0.1, -0.05) is 12.8 Å². The molecule has 0 aromatic heterocycles. The summed E-state index contributed by atoms with van der Waals surface area (Å²) in [5.41, 5.74) is 1.46. The fourth-order valence-electron chi connectivity index (χ4n) is 0.998. The van der Waals surface area contributed by atoms with E-state index in [1.54, 1.807) is 24.3 Å². The maximum atomic E-state index is 11.2. The average molecular weight is 203 g/mol. The molecule has 0 spiro atoms. The summed E-state index contributed by atoms with van der Waals surface area (Å²) in [4.78, 5) is 11.2. The van der Waals surface area contributed by atoms with Gasteiger partial charge in [-0.25, -0.2) is 4.79 Å². The van der Waals surface area contributed by atoms with Crippen molar-refractivity contribution < 1.29 is 9.53 Å². The number of anilines is 1. The lowest BCUT2D eigenvalue weighted by molar-refractivity contribution is 0.161. The Labute approximate surface area is 89.4 Å². The van der Waals surface area contributed by atoms with E-state index < -0.39 is 6.09 Å². The summed E-state index contributed by atoms with van der Waals surface area (Å²) in [7, 11) is 0. The van der Waals surface area contributed by atoms with Crippen molar-refractivity contribution in [3.05, 3.63) is 29.8 Å². The fourth-order valence-corrected chi connectivity index (χ4v) is 0.998. The van der Waals surface area contributed by atoms with Crippen LogP contribution in [0, 0.1) is 12.3 Å². The highest BCUT2D eigenvalue weighted by Crippen LogP contribution is 2.08. The second kappa shape index (κ2) is 5.71. The van der Waals surface area contributed by atoms with Crippen molar-refractivity contribution in [2.75, 3.05) is 11.9 Å². The standard InChI is InChI=1S/C12H13NO2/c1-3-9-15-12(14)13-11-7-5-10(4-2)6-8-11/h2,5-8H,3,9H2,1H3,(H,13,14). The summed E-state index contributed by atoms with van der Waals surface area (Å²) in [6, 6.07) is 7.00. The van der Waals surface area contributed by atoms with E-state index in [-0.39, 0.29) is 0 Å². The van der Waals surface area contributed by atoms with Gasteiger partial charge < -0.3 is 4.74 Å². The number of benzene rings is 1. The molecule has 78 valence electrons. The van der Waals surface area contributed by atoms with E-state index >= 15 is 0 Å². The number of terminal acetylenes is 1. The van der Waals surface area contributed by atoms with Gasteiger partial charge in [-0.15, -0.1) is 6.42 Å². The number of hydrogen-bond acceptors (Lipinski definition) is 2. The predicted molar refractivity (Wildman–Crippen MR) is 59.6 cm³/mol. The number of hydrogen-bond donors (Lipinski definition) is 1. The molecule has 0 fully saturated rings. The van der Waals surface area contributed by atoms with Crippen LogP contribution in [0.15, 0.2) is 24.3 Å². The van der Waals surface area contributed by atoms with Crippen LogP contribution in [0.3, 0.4) is 0 Å². The second-order valence-electron chi connectivity index (χ2n) is 2.98. The van der Waals surface area contributed by atoms with E-state index in [2.05, 4.69) is 11.2 Å².